The highest BCUT2D eigenvalue weighted by Gasteiger charge is 2.07. The minimum atomic E-state index is -0.0255. The van der Waals surface area contributed by atoms with Gasteiger partial charge in [-0.1, -0.05) is 18.2 Å². The minimum Gasteiger partial charge on any atom is -0.364 e. The number of benzene rings is 1. The lowest BCUT2D eigenvalue weighted by Gasteiger charge is -1.98. The zero-order valence-electron chi connectivity index (χ0n) is 8.29. The van der Waals surface area contributed by atoms with Crippen molar-refractivity contribution in [2.24, 2.45) is 0 Å². The highest BCUT2D eigenvalue weighted by molar-refractivity contribution is 6.06. The fourth-order valence-electron chi connectivity index (χ4n) is 2.04. The van der Waals surface area contributed by atoms with Crippen molar-refractivity contribution in [3.8, 4) is 0 Å². The molecule has 1 aromatic carbocycles. The first-order valence-corrected chi connectivity index (χ1v) is 4.86. The van der Waals surface area contributed by atoms with Crippen molar-refractivity contribution in [2.45, 2.75) is 6.92 Å². The van der Waals surface area contributed by atoms with Crippen molar-refractivity contribution in [1.29, 1.82) is 0 Å². The molecular weight excluding hydrogens is 188 g/mol. The smallest absolute Gasteiger partial charge is 0.258 e. The molecule has 0 fully saturated rings. The van der Waals surface area contributed by atoms with Gasteiger partial charge in [0.05, 0.1) is 5.39 Å². The Morgan fingerprint density at radius 3 is 2.80 bits per heavy atom. The van der Waals surface area contributed by atoms with E-state index in [2.05, 4.69) is 9.97 Å². The van der Waals surface area contributed by atoms with Gasteiger partial charge in [0.15, 0.2) is 0 Å². The number of rotatable bonds is 0. The minimum absolute atomic E-state index is 0.0255. The number of aromatic nitrogens is 2. The Balaban J connectivity index is 2.71. The van der Waals surface area contributed by atoms with Crippen LogP contribution >= 0.6 is 0 Å². The van der Waals surface area contributed by atoms with Crippen LogP contribution in [0.2, 0.25) is 0 Å². The molecule has 74 valence electrons. The molecule has 0 saturated carbocycles. The zero-order valence-corrected chi connectivity index (χ0v) is 8.29. The van der Waals surface area contributed by atoms with E-state index in [1.54, 1.807) is 0 Å². The molecule has 2 heterocycles. The van der Waals surface area contributed by atoms with E-state index >= 15 is 0 Å². The van der Waals surface area contributed by atoms with Gasteiger partial charge >= 0.3 is 0 Å². The Labute approximate surface area is 85.8 Å². The fourth-order valence-corrected chi connectivity index (χ4v) is 2.04. The molecule has 0 atom stereocenters. The quantitative estimate of drug-likeness (QED) is 0.572. The molecule has 0 aliphatic heterocycles. The molecule has 0 spiro atoms. The fraction of sp³-hybridized carbons (Fsp3) is 0.0833. The number of pyridine rings is 1. The van der Waals surface area contributed by atoms with Crippen LogP contribution in [0.1, 0.15) is 5.69 Å². The molecule has 2 aromatic heterocycles. The second kappa shape index (κ2) is 2.73. The summed E-state index contributed by atoms with van der Waals surface area (Å²) in [5.41, 5.74) is 1.77. The van der Waals surface area contributed by atoms with Crippen LogP contribution in [0.3, 0.4) is 0 Å². The Hall–Kier alpha value is -2.03. The topological polar surface area (TPSA) is 48.6 Å². The summed E-state index contributed by atoms with van der Waals surface area (Å²) < 4.78 is 0. The average Bonchev–Trinajstić information content (AvgIpc) is 2.62. The van der Waals surface area contributed by atoms with Gasteiger partial charge in [-0.05, 0) is 13.0 Å². The Bertz CT molecular complexity index is 706. The number of aromatic amines is 2. The lowest BCUT2D eigenvalue weighted by Crippen LogP contribution is -2.05. The monoisotopic (exact) mass is 198 g/mol. The molecule has 3 rings (SSSR count). The average molecular weight is 198 g/mol. The number of fused-ring (bicyclic) bond motifs is 3. The van der Waals surface area contributed by atoms with Crippen LogP contribution in [-0.2, 0) is 0 Å². The zero-order chi connectivity index (χ0) is 10.4. The summed E-state index contributed by atoms with van der Waals surface area (Å²) in [4.78, 5) is 17.8. The molecule has 3 nitrogen and oxygen atoms in total. The summed E-state index contributed by atoms with van der Waals surface area (Å²) in [6, 6.07) is 7.82. The van der Waals surface area contributed by atoms with E-state index in [1.807, 2.05) is 37.4 Å². The van der Waals surface area contributed by atoms with Crippen LogP contribution < -0.4 is 5.56 Å². The third-order valence-electron chi connectivity index (χ3n) is 2.77. The van der Waals surface area contributed by atoms with Crippen LogP contribution in [-0.4, -0.2) is 9.97 Å². The normalized spacial score (nSPS) is 11.3. The van der Waals surface area contributed by atoms with E-state index in [0.29, 0.717) is 0 Å². The van der Waals surface area contributed by atoms with Crippen molar-refractivity contribution in [1.82, 2.24) is 9.97 Å². The molecule has 0 unspecified atom stereocenters. The molecule has 2 N–H and O–H groups in total. The van der Waals surface area contributed by atoms with Crippen molar-refractivity contribution >= 4 is 21.7 Å². The Morgan fingerprint density at radius 1 is 1.13 bits per heavy atom. The van der Waals surface area contributed by atoms with Gasteiger partial charge in [0.2, 0.25) is 0 Å². The van der Waals surface area contributed by atoms with E-state index in [0.717, 1.165) is 27.4 Å². The standard InChI is InChI=1S/C12H10N2O/c1-7-11-9(6-13-7)8-4-2-3-5-10(8)14-12(11)15/h2-6,13H,1H3,(H,14,15). The van der Waals surface area contributed by atoms with Gasteiger partial charge in [-0.3, -0.25) is 4.79 Å². The van der Waals surface area contributed by atoms with Gasteiger partial charge in [-0.15, -0.1) is 0 Å². The number of para-hydroxylation sites is 1. The molecule has 3 aromatic rings. The van der Waals surface area contributed by atoms with Crippen LogP contribution in [0.15, 0.2) is 35.3 Å². The second-order valence-corrected chi connectivity index (χ2v) is 3.70. The van der Waals surface area contributed by atoms with Crippen molar-refractivity contribution in [3.63, 3.8) is 0 Å². The highest BCUT2D eigenvalue weighted by Crippen LogP contribution is 2.22. The van der Waals surface area contributed by atoms with E-state index in [4.69, 9.17) is 0 Å². The van der Waals surface area contributed by atoms with Crippen LogP contribution in [0, 0.1) is 6.92 Å². The third kappa shape index (κ3) is 1.03. The third-order valence-corrected chi connectivity index (χ3v) is 2.77. The number of hydrogen-bond donors (Lipinski definition) is 2. The molecule has 3 heteroatoms. The summed E-state index contributed by atoms with van der Waals surface area (Å²) in [5, 5.41) is 2.83. The Kier molecular flexibility index (Phi) is 1.51. The maximum absolute atomic E-state index is 11.8. The Morgan fingerprint density at radius 2 is 1.93 bits per heavy atom. The van der Waals surface area contributed by atoms with Gasteiger partial charge in [-0.2, -0.15) is 0 Å². The molecule has 0 amide bonds. The number of H-pyrrole nitrogens is 2. The van der Waals surface area contributed by atoms with Crippen LogP contribution in [0.5, 0.6) is 0 Å². The van der Waals surface area contributed by atoms with E-state index in [1.165, 1.54) is 0 Å². The van der Waals surface area contributed by atoms with Crippen molar-refractivity contribution in [2.75, 3.05) is 0 Å². The number of hydrogen-bond acceptors (Lipinski definition) is 1. The van der Waals surface area contributed by atoms with Gasteiger partial charge < -0.3 is 9.97 Å². The SMILES string of the molecule is Cc1[nH]cc2c1c(=O)[nH]c1ccccc12. The summed E-state index contributed by atoms with van der Waals surface area (Å²) >= 11 is 0. The number of nitrogens with one attached hydrogen (secondary N) is 2. The summed E-state index contributed by atoms with van der Waals surface area (Å²) in [6.07, 6.45) is 1.89. The lowest BCUT2D eigenvalue weighted by molar-refractivity contribution is 1.26. The van der Waals surface area contributed by atoms with E-state index in [-0.39, 0.29) is 5.56 Å². The summed E-state index contributed by atoms with van der Waals surface area (Å²) in [7, 11) is 0. The first-order chi connectivity index (χ1) is 7.27. The number of aryl methyl sites for hydroxylation is 1. The molecule has 15 heavy (non-hydrogen) atoms. The molecular formula is C12H10N2O. The molecule has 0 radical (unpaired) electrons. The predicted octanol–water partition coefficient (Wildman–Crippen LogP) is 2.32. The first kappa shape index (κ1) is 8.29. The van der Waals surface area contributed by atoms with Gasteiger partial charge in [-0.25, -0.2) is 0 Å². The maximum atomic E-state index is 11.8. The van der Waals surface area contributed by atoms with E-state index < -0.39 is 0 Å². The van der Waals surface area contributed by atoms with Gasteiger partial charge in [0.25, 0.3) is 5.56 Å². The lowest BCUT2D eigenvalue weighted by atomic mass is 10.1. The van der Waals surface area contributed by atoms with Crippen molar-refractivity contribution < 1.29 is 0 Å². The van der Waals surface area contributed by atoms with Crippen molar-refractivity contribution in [3.05, 3.63) is 46.5 Å². The predicted molar refractivity (Wildman–Crippen MR) is 61.2 cm³/mol. The summed E-state index contributed by atoms with van der Waals surface area (Å²) in [5.74, 6) is 0. The van der Waals surface area contributed by atoms with E-state index in [9.17, 15) is 4.79 Å². The summed E-state index contributed by atoms with van der Waals surface area (Å²) in [6.45, 7) is 1.91. The molecule has 0 bridgehead atoms. The second-order valence-electron chi connectivity index (χ2n) is 3.70. The maximum Gasteiger partial charge on any atom is 0.258 e. The van der Waals surface area contributed by atoms with Gasteiger partial charge in [0, 0.05) is 28.2 Å². The largest absolute Gasteiger partial charge is 0.364 e. The molecule has 0 aliphatic rings. The molecule has 0 saturated heterocycles. The highest BCUT2D eigenvalue weighted by atomic mass is 16.1. The van der Waals surface area contributed by atoms with Crippen LogP contribution in [0.25, 0.3) is 21.7 Å². The van der Waals surface area contributed by atoms with Crippen LogP contribution in [0.4, 0.5) is 0 Å². The molecule has 0 aliphatic carbocycles. The van der Waals surface area contributed by atoms with Gasteiger partial charge in [0.1, 0.15) is 0 Å². The first-order valence-electron chi connectivity index (χ1n) is 4.86.